The summed E-state index contributed by atoms with van der Waals surface area (Å²) in [5.74, 6) is 1.25. The molecule has 0 aliphatic carbocycles. The van der Waals surface area contributed by atoms with Crippen molar-refractivity contribution in [3.8, 4) is 11.5 Å². The van der Waals surface area contributed by atoms with Crippen LogP contribution in [0.4, 0.5) is 0 Å². The number of nitrogens with one attached hydrogen (secondary N) is 1. The van der Waals surface area contributed by atoms with Gasteiger partial charge in [0.15, 0.2) is 18.1 Å². The van der Waals surface area contributed by atoms with Gasteiger partial charge in [-0.05, 0) is 44.0 Å². The van der Waals surface area contributed by atoms with Crippen LogP contribution in [0.1, 0.15) is 18.4 Å². The van der Waals surface area contributed by atoms with Crippen LogP contribution in [0.5, 0.6) is 11.5 Å². The summed E-state index contributed by atoms with van der Waals surface area (Å²) in [6.07, 6.45) is 4.75. The van der Waals surface area contributed by atoms with Crippen molar-refractivity contribution in [3.63, 3.8) is 0 Å². The third kappa shape index (κ3) is 4.73. The molecule has 1 heterocycles. The van der Waals surface area contributed by atoms with Crippen LogP contribution >= 0.6 is 0 Å². The number of carbonyl (C=O) groups excluding carboxylic acids is 1. The average Bonchev–Trinajstić information content (AvgIpc) is 2.60. The minimum absolute atomic E-state index is 0.0159. The summed E-state index contributed by atoms with van der Waals surface area (Å²) in [4.78, 5) is 14.2. The Kier molecular flexibility index (Phi) is 6.47. The lowest BCUT2D eigenvalue weighted by atomic mass is 10.1. The molecule has 23 heavy (non-hydrogen) atoms. The van der Waals surface area contributed by atoms with Crippen molar-refractivity contribution in [3.05, 3.63) is 36.4 Å². The Labute approximate surface area is 138 Å². The van der Waals surface area contributed by atoms with Gasteiger partial charge >= 0.3 is 0 Å². The van der Waals surface area contributed by atoms with E-state index in [1.54, 1.807) is 7.11 Å². The fraction of sp³-hybridized carbons (Fsp3) is 0.500. The lowest BCUT2D eigenvalue weighted by molar-refractivity contribution is -0.134. The number of nitrogens with zero attached hydrogens (tertiary/aromatic N) is 1. The van der Waals surface area contributed by atoms with Crippen LogP contribution < -0.4 is 14.8 Å². The first-order chi connectivity index (χ1) is 11.2. The van der Waals surface area contributed by atoms with E-state index in [-0.39, 0.29) is 12.5 Å². The topological polar surface area (TPSA) is 50.8 Å². The first-order valence-electron chi connectivity index (χ1n) is 8.03. The number of benzene rings is 1. The van der Waals surface area contributed by atoms with Crippen molar-refractivity contribution in [2.24, 2.45) is 0 Å². The van der Waals surface area contributed by atoms with Crippen molar-refractivity contribution in [2.45, 2.75) is 25.3 Å². The number of amides is 1. The quantitative estimate of drug-likeness (QED) is 0.782. The molecule has 0 spiro atoms. The van der Waals surface area contributed by atoms with Crippen LogP contribution in [0.2, 0.25) is 0 Å². The molecule has 1 aliphatic heterocycles. The molecule has 0 radical (unpaired) electrons. The number of piperidine rings is 1. The fourth-order valence-corrected chi connectivity index (χ4v) is 2.79. The van der Waals surface area contributed by atoms with E-state index in [0.717, 1.165) is 37.9 Å². The van der Waals surface area contributed by atoms with Crippen molar-refractivity contribution in [1.82, 2.24) is 10.2 Å². The molecule has 126 valence electrons. The summed E-state index contributed by atoms with van der Waals surface area (Å²) in [7, 11) is 3.54. The molecule has 1 amide bonds. The summed E-state index contributed by atoms with van der Waals surface area (Å²) in [5.41, 5.74) is 1.10. The van der Waals surface area contributed by atoms with Gasteiger partial charge in [0, 0.05) is 19.1 Å². The van der Waals surface area contributed by atoms with Crippen LogP contribution in [0.25, 0.3) is 0 Å². The summed E-state index contributed by atoms with van der Waals surface area (Å²) < 4.78 is 11.0. The second kappa shape index (κ2) is 8.58. The number of methoxy groups -OCH3 is 1. The molecule has 1 fully saturated rings. The Morgan fingerprint density at radius 3 is 3.00 bits per heavy atom. The van der Waals surface area contributed by atoms with Crippen LogP contribution in [-0.2, 0) is 11.2 Å². The highest BCUT2D eigenvalue weighted by atomic mass is 16.5. The molecule has 1 unspecified atom stereocenters. The van der Waals surface area contributed by atoms with Crippen LogP contribution in [0.15, 0.2) is 30.9 Å². The number of likely N-dealkylation sites (tertiary alicyclic amines) is 1. The van der Waals surface area contributed by atoms with E-state index >= 15 is 0 Å². The zero-order chi connectivity index (χ0) is 16.7. The standard InChI is InChI=1S/C18H26N2O3/c1-4-6-14-8-9-16(17(11-14)22-3)23-13-18(21)20-10-5-7-15(12-20)19-2/h4,8-9,11,15,19H,1,5-7,10,12-13H2,2-3H3. The number of likely N-dealkylation sites (N-methyl/N-ethyl adjacent to an activating group) is 1. The highest BCUT2D eigenvalue weighted by Crippen LogP contribution is 2.28. The summed E-state index contributed by atoms with van der Waals surface area (Å²) in [6.45, 7) is 5.31. The van der Waals surface area contributed by atoms with Crippen LogP contribution in [0.3, 0.4) is 0 Å². The van der Waals surface area contributed by atoms with Crippen molar-refractivity contribution in [1.29, 1.82) is 0 Å². The molecule has 1 saturated heterocycles. The maximum Gasteiger partial charge on any atom is 0.260 e. The largest absolute Gasteiger partial charge is 0.493 e. The normalized spacial score (nSPS) is 17.7. The van der Waals surface area contributed by atoms with E-state index in [1.807, 2.05) is 36.2 Å². The smallest absolute Gasteiger partial charge is 0.260 e. The van der Waals surface area contributed by atoms with E-state index in [0.29, 0.717) is 17.5 Å². The van der Waals surface area contributed by atoms with Crippen molar-refractivity contribution in [2.75, 3.05) is 33.9 Å². The number of hydrogen-bond acceptors (Lipinski definition) is 4. The van der Waals surface area contributed by atoms with Gasteiger partial charge in [-0.2, -0.15) is 0 Å². The van der Waals surface area contributed by atoms with Gasteiger partial charge in [-0.3, -0.25) is 4.79 Å². The summed E-state index contributed by atoms with van der Waals surface area (Å²) in [5, 5.41) is 3.24. The molecular formula is C18H26N2O3. The maximum absolute atomic E-state index is 12.3. The molecule has 1 aromatic carbocycles. The lowest BCUT2D eigenvalue weighted by Gasteiger charge is -2.32. The molecule has 2 rings (SSSR count). The van der Waals surface area contributed by atoms with Crippen molar-refractivity contribution < 1.29 is 14.3 Å². The zero-order valence-corrected chi connectivity index (χ0v) is 14.0. The van der Waals surface area contributed by atoms with E-state index in [9.17, 15) is 4.79 Å². The summed E-state index contributed by atoms with van der Waals surface area (Å²) >= 11 is 0. The third-order valence-corrected chi connectivity index (χ3v) is 4.14. The average molecular weight is 318 g/mol. The highest BCUT2D eigenvalue weighted by Gasteiger charge is 2.23. The zero-order valence-electron chi connectivity index (χ0n) is 14.0. The van der Waals surface area contributed by atoms with Gasteiger partial charge in [-0.25, -0.2) is 0 Å². The minimum atomic E-state index is 0.0159. The Hall–Kier alpha value is -2.01. The number of hydrogen-bond donors (Lipinski definition) is 1. The van der Waals surface area contributed by atoms with Crippen LogP contribution in [-0.4, -0.2) is 50.7 Å². The second-order valence-electron chi connectivity index (χ2n) is 5.73. The van der Waals surface area contributed by atoms with Crippen molar-refractivity contribution >= 4 is 5.91 Å². The van der Waals surface area contributed by atoms with Gasteiger partial charge in [0.1, 0.15) is 0 Å². The summed E-state index contributed by atoms with van der Waals surface area (Å²) in [6, 6.07) is 6.10. The maximum atomic E-state index is 12.3. The van der Waals surface area contributed by atoms with Gasteiger partial charge in [-0.15, -0.1) is 6.58 Å². The second-order valence-corrected chi connectivity index (χ2v) is 5.73. The molecule has 0 aromatic heterocycles. The molecule has 1 aromatic rings. The highest BCUT2D eigenvalue weighted by molar-refractivity contribution is 5.78. The van der Waals surface area contributed by atoms with Gasteiger partial charge < -0.3 is 19.7 Å². The predicted molar refractivity (Wildman–Crippen MR) is 91.1 cm³/mol. The number of allylic oxidation sites excluding steroid dienone is 1. The first-order valence-corrected chi connectivity index (χ1v) is 8.03. The van der Waals surface area contributed by atoms with E-state index in [1.165, 1.54) is 0 Å². The lowest BCUT2D eigenvalue weighted by Crippen LogP contribution is -2.48. The van der Waals surface area contributed by atoms with Gasteiger partial charge in [-0.1, -0.05) is 12.1 Å². The molecule has 1 atom stereocenters. The molecule has 0 saturated carbocycles. The van der Waals surface area contributed by atoms with Gasteiger partial charge in [0.25, 0.3) is 5.91 Å². The van der Waals surface area contributed by atoms with Gasteiger partial charge in [0.2, 0.25) is 0 Å². The number of carbonyl (C=O) groups is 1. The number of ether oxygens (including phenoxy) is 2. The molecule has 1 aliphatic rings. The van der Waals surface area contributed by atoms with Crippen LogP contribution in [0, 0.1) is 0 Å². The third-order valence-electron chi connectivity index (χ3n) is 4.14. The Bertz CT molecular complexity index is 545. The monoisotopic (exact) mass is 318 g/mol. The minimum Gasteiger partial charge on any atom is -0.493 e. The first kappa shape index (κ1) is 17.3. The Balaban J connectivity index is 1.94. The molecular weight excluding hydrogens is 292 g/mol. The van der Waals surface area contributed by atoms with E-state index in [4.69, 9.17) is 9.47 Å². The SMILES string of the molecule is C=CCc1ccc(OCC(=O)N2CCCC(NC)C2)c(OC)c1. The fourth-order valence-electron chi connectivity index (χ4n) is 2.79. The predicted octanol–water partition coefficient (Wildman–Crippen LogP) is 2.01. The van der Waals surface area contributed by atoms with E-state index < -0.39 is 0 Å². The van der Waals surface area contributed by atoms with Gasteiger partial charge in [0.05, 0.1) is 7.11 Å². The molecule has 1 N–H and O–H groups in total. The molecule has 5 nitrogen and oxygen atoms in total. The number of rotatable bonds is 7. The Morgan fingerprint density at radius 1 is 1.48 bits per heavy atom. The molecule has 0 bridgehead atoms. The van der Waals surface area contributed by atoms with E-state index in [2.05, 4.69) is 11.9 Å². The Morgan fingerprint density at radius 2 is 2.30 bits per heavy atom. The molecule has 5 heteroatoms.